The van der Waals surface area contributed by atoms with Crippen LogP contribution in [0.25, 0.3) is 10.9 Å². The molecule has 204 valence electrons. The Morgan fingerprint density at radius 3 is 2.41 bits per heavy atom. The molecule has 3 amide bonds. The molecule has 0 spiro atoms. The van der Waals surface area contributed by atoms with Crippen molar-refractivity contribution >= 4 is 34.6 Å². The van der Waals surface area contributed by atoms with E-state index < -0.39 is 42.0 Å². The fraction of sp³-hybridized carbons (Fsp3) is 0.400. The lowest BCUT2D eigenvalue weighted by Crippen LogP contribution is -2.59. The van der Waals surface area contributed by atoms with Crippen LogP contribution in [0.3, 0.4) is 0 Å². The molecule has 0 saturated carbocycles. The highest BCUT2D eigenvalue weighted by atomic mass is 16.4. The second kappa shape index (κ2) is 10.2. The average molecular weight is 531 g/mol. The predicted octanol–water partition coefficient (Wildman–Crippen LogP) is 3.39. The van der Waals surface area contributed by atoms with Crippen molar-refractivity contribution in [2.24, 2.45) is 11.8 Å². The van der Waals surface area contributed by atoms with Crippen LogP contribution in [-0.4, -0.2) is 56.8 Å². The predicted molar refractivity (Wildman–Crippen MR) is 146 cm³/mol. The Kier molecular flexibility index (Phi) is 6.92. The maximum Gasteiger partial charge on any atom is 0.326 e. The molecule has 0 fully saturated rings. The summed E-state index contributed by atoms with van der Waals surface area (Å²) in [6.45, 7) is 7.18. The number of nitrogens with zero attached hydrogens (tertiary/aromatic N) is 1. The van der Waals surface area contributed by atoms with Gasteiger partial charge in [-0.25, -0.2) is 4.79 Å². The summed E-state index contributed by atoms with van der Waals surface area (Å²) >= 11 is 0. The molecule has 0 saturated heterocycles. The Balaban J connectivity index is 1.51. The Labute approximate surface area is 227 Å². The number of hydrogen-bond donors (Lipinski definition) is 4. The number of carbonyl (C=O) groups is 4. The van der Waals surface area contributed by atoms with Crippen molar-refractivity contribution < 1.29 is 24.3 Å². The topological polar surface area (TPSA) is 132 Å². The third-order valence-electron chi connectivity index (χ3n) is 8.18. The van der Waals surface area contributed by atoms with Gasteiger partial charge >= 0.3 is 5.97 Å². The SMILES string of the molecule is CCC(C)C(NC(=O)C1Cc2c([nH]c3ccccc23)C2c3ccccc3C(=O)N12)C(=O)NC(C(=O)O)C(C)C. The van der Waals surface area contributed by atoms with E-state index in [1.807, 2.05) is 56.3 Å². The first-order valence-corrected chi connectivity index (χ1v) is 13.5. The summed E-state index contributed by atoms with van der Waals surface area (Å²) in [5.74, 6) is -2.93. The molecule has 2 aromatic carbocycles. The van der Waals surface area contributed by atoms with E-state index in [1.54, 1.807) is 24.8 Å². The van der Waals surface area contributed by atoms with E-state index in [9.17, 15) is 24.3 Å². The molecular formula is C30H34N4O5. The lowest BCUT2D eigenvalue weighted by molar-refractivity contribution is -0.144. The molecule has 9 heteroatoms. The summed E-state index contributed by atoms with van der Waals surface area (Å²) in [7, 11) is 0. The smallest absolute Gasteiger partial charge is 0.326 e. The molecule has 0 aliphatic carbocycles. The largest absolute Gasteiger partial charge is 0.480 e. The Morgan fingerprint density at radius 1 is 1.03 bits per heavy atom. The summed E-state index contributed by atoms with van der Waals surface area (Å²) in [5, 5.41) is 16.1. The fourth-order valence-electron chi connectivity index (χ4n) is 5.85. The molecule has 2 aliphatic rings. The molecule has 2 aliphatic heterocycles. The summed E-state index contributed by atoms with van der Waals surface area (Å²) in [5.41, 5.74) is 4.21. The third-order valence-corrected chi connectivity index (χ3v) is 8.18. The van der Waals surface area contributed by atoms with Crippen LogP contribution in [-0.2, 0) is 20.8 Å². The van der Waals surface area contributed by atoms with Crippen molar-refractivity contribution in [1.82, 2.24) is 20.5 Å². The van der Waals surface area contributed by atoms with Crippen molar-refractivity contribution in [3.8, 4) is 0 Å². The number of hydrogen-bond acceptors (Lipinski definition) is 4. The maximum atomic E-state index is 14.0. The zero-order valence-corrected chi connectivity index (χ0v) is 22.5. The molecule has 1 aromatic heterocycles. The van der Waals surface area contributed by atoms with Crippen LogP contribution in [0.15, 0.2) is 48.5 Å². The van der Waals surface area contributed by atoms with Crippen LogP contribution >= 0.6 is 0 Å². The summed E-state index contributed by atoms with van der Waals surface area (Å²) in [6.07, 6.45) is 0.881. The van der Waals surface area contributed by atoms with Gasteiger partial charge in [-0.05, 0) is 35.1 Å². The molecule has 0 bridgehead atoms. The van der Waals surface area contributed by atoms with Crippen molar-refractivity contribution in [2.75, 3.05) is 0 Å². The van der Waals surface area contributed by atoms with Crippen molar-refractivity contribution in [1.29, 1.82) is 0 Å². The van der Waals surface area contributed by atoms with E-state index in [2.05, 4.69) is 15.6 Å². The minimum atomic E-state index is -1.13. The van der Waals surface area contributed by atoms with Gasteiger partial charge in [-0.2, -0.15) is 0 Å². The van der Waals surface area contributed by atoms with Crippen molar-refractivity contribution in [3.05, 3.63) is 70.9 Å². The Hall–Kier alpha value is -4.14. The molecule has 5 rings (SSSR count). The lowest BCUT2D eigenvalue weighted by Gasteiger charge is -2.38. The van der Waals surface area contributed by atoms with Gasteiger partial charge in [-0.3, -0.25) is 14.4 Å². The normalized spacial score (nSPS) is 20.1. The van der Waals surface area contributed by atoms with Gasteiger partial charge in [0.2, 0.25) is 11.8 Å². The summed E-state index contributed by atoms with van der Waals surface area (Å²) in [4.78, 5) is 57.8. The highest BCUT2D eigenvalue weighted by molar-refractivity contribution is 6.04. The Bertz CT molecular complexity index is 1460. The lowest BCUT2D eigenvalue weighted by atomic mass is 9.89. The van der Waals surface area contributed by atoms with Gasteiger partial charge in [-0.1, -0.05) is 70.5 Å². The van der Waals surface area contributed by atoms with E-state index in [-0.39, 0.29) is 17.7 Å². The van der Waals surface area contributed by atoms with Crippen LogP contribution < -0.4 is 10.6 Å². The number of rotatable bonds is 8. The number of benzene rings is 2. The van der Waals surface area contributed by atoms with Gasteiger partial charge in [0, 0.05) is 28.6 Å². The minimum Gasteiger partial charge on any atom is -0.480 e. The molecule has 4 N–H and O–H groups in total. The molecular weight excluding hydrogens is 496 g/mol. The number of aliphatic carboxylic acids is 1. The zero-order chi connectivity index (χ0) is 28.0. The summed E-state index contributed by atoms with van der Waals surface area (Å²) < 4.78 is 0. The quantitative estimate of drug-likeness (QED) is 0.355. The van der Waals surface area contributed by atoms with Crippen LogP contribution in [0.5, 0.6) is 0 Å². The van der Waals surface area contributed by atoms with Crippen LogP contribution in [0, 0.1) is 11.8 Å². The van der Waals surface area contributed by atoms with Crippen LogP contribution in [0.2, 0.25) is 0 Å². The average Bonchev–Trinajstić information content (AvgIpc) is 3.44. The fourth-order valence-corrected chi connectivity index (χ4v) is 5.85. The number of aromatic amines is 1. The molecule has 5 atom stereocenters. The van der Waals surface area contributed by atoms with Crippen LogP contribution in [0.1, 0.15) is 67.3 Å². The third kappa shape index (κ3) is 4.45. The van der Waals surface area contributed by atoms with Crippen molar-refractivity contribution in [3.63, 3.8) is 0 Å². The molecule has 5 unspecified atom stereocenters. The highest BCUT2D eigenvalue weighted by Gasteiger charge is 2.49. The van der Waals surface area contributed by atoms with Gasteiger partial charge in [0.15, 0.2) is 0 Å². The Morgan fingerprint density at radius 2 is 1.72 bits per heavy atom. The molecule has 9 nitrogen and oxygen atoms in total. The van der Waals surface area contributed by atoms with E-state index in [0.29, 0.717) is 18.4 Å². The van der Waals surface area contributed by atoms with Crippen molar-refractivity contribution in [2.45, 2.75) is 64.7 Å². The van der Waals surface area contributed by atoms with E-state index >= 15 is 0 Å². The monoisotopic (exact) mass is 530 g/mol. The molecule has 0 radical (unpaired) electrons. The number of H-pyrrole nitrogens is 1. The minimum absolute atomic E-state index is 0.227. The van der Waals surface area contributed by atoms with Gasteiger partial charge in [0.25, 0.3) is 5.91 Å². The number of amides is 3. The number of aromatic nitrogens is 1. The number of carbonyl (C=O) groups excluding carboxylic acids is 3. The standard InChI is InChI=1S/C30H34N4O5/c1-5-16(4)24(28(36)32-23(15(2)3)30(38)39)33-27(35)22-14-20-17-10-8-9-13-21(17)31-25(20)26-18-11-6-7-12-19(18)29(37)34(22)26/h6-13,15-16,22-24,26,31H,5,14H2,1-4H3,(H,32,36)(H,33,35)(H,38,39). The highest BCUT2D eigenvalue weighted by Crippen LogP contribution is 2.46. The van der Waals surface area contributed by atoms with Gasteiger partial charge < -0.3 is 25.6 Å². The molecule has 3 heterocycles. The van der Waals surface area contributed by atoms with E-state index in [0.717, 1.165) is 27.7 Å². The first-order valence-electron chi connectivity index (χ1n) is 13.5. The number of carboxylic acid groups (broad SMARTS) is 1. The molecule has 39 heavy (non-hydrogen) atoms. The zero-order valence-electron chi connectivity index (χ0n) is 22.5. The first-order chi connectivity index (χ1) is 18.6. The number of nitrogens with one attached hydrogen (secondary N) is 3. The van der Waals surface area contributed by atoms with Gasteiger partial charge in [0.05, 0.1) is 6.04 Å². The number of carboxylic acids is 1. The van der Waals surface area contributed by atoms with Crippen LogP contribution in [0.4, 0.5) is 0 Å². The number of fused-ring (bicyclic) bond motifs is 7. The van der Waals surface area contributed by atoms with Gasteiger partial charge in [-0.15, -0.1) is 0 Å². The van der Waals surface area contributed by atoms with E-state index in [1.165, 1.54) is 0 Å². The molecule has 3 aromatic rings. The number of para-hydroxylation sites is 1. The van der Waals surface area contributed by atoms with E-state index in [4.69, 9.17) is 0 Å². The second-order valence-corrected chi connectivity index (χ2v) is 10.9. The maximum absolute atomic E-state index is 14.0. The summed E-state index contributed by atoms with van der Waals surface area (Å²) in [6, 6.07) is 11.9. The first kappa shape index (κ1) is 26.5. The second-order valence-electron chi connectivity index (χ2n) is 10.9. The van der Waals surface area contributed by atoms with Gasteiger partial charge in [0.1, 0.15) is 18.1 Å².